The third-order valence-electron chi connectivity index (χ3n) is 14.6. The first-order valence-corrected chi connectivity index (χ1v) is 35.0. The average Bonchev–Trinajstić information content (AvgIpc) is 3.57. The molecule has 0 radical (unpaired) electrons. The Morgan fingerprint density at radius 3 is 0.920 bits per heavy atom. The Bertz CT molecular complexity index is 1940. The van der Waals surface area contributed by atoms with E-state index in [1.807, 2.05) is 21.1 Å². The van der Waals surface area contributed by atoms with Crippen LogP contribution in [-0.4, -0.2) is 82.3 Å². The Labute approximate surface area is 534 Å². The van der Waals surface area contributed by atoms with Crippen LogP contribution in [0.2, 0.25) is 0 Å². The number of hydrogen-bond acceptors (Lipinski definition) is 8. The molecule has 0 fully saturated rings. The maximum atomic E-state index is 12.9. The van der Waals surface area contributed by atoms with Gasteiger partial charge in [-0.3, -0.25) is 9.59 Å². The smallest absolute Gasteiger partial charge is 0.306 e. The van der Waals surface area contributed by atoms with Gasteiger partial charge in [0.1, 0.15) is 13.2 Å². The summed E-state index contributed by atoms with van der Waals surface area (Å²) in [6, 6.07) is 0. The normalized spacial score (nSPS) is 13.6. The minimum Gasteiger partial charge on any atom is -0.545 e. The van der Waals surface area contributed by atoms with Crippen molar-refractivity contribution < 1.29 is 42.9 Å². The third kappa shape index (κ3) is 68.5. The van der Waals surface area contributed by atoms with Gasteiger partial charge in [-0.15, -0.1) is 0 Å². The molecule has 0 aromatic carbocycles. The van der Waals surface area contributed by atoms with Crippen molar-refractivity contribution in [2.75, 3.05) is 47.5 Å². The summed E-state index contributed by atoms with van der Waals surface area (Å²) in [4.78, 5) is 37.5. The number of likely N-dealkylation sites (N-methyl/N-ethyl adjacent to an activating group) is 1. The van der Waals surface area contributed by atoms with E-state index in [0.29, 0.717) is 17.4 Å². The number of esters is 2. The fourth-order valence-corrected chi connectivity index (χ4v) is 9.31. The van der Waals surface area contributed by atoms with Crippen LogP contribution in [0.4, 0.5) is 0 Å². The van der Waals surface area contributed by atoms with Gasteiger partial charge >= 0.3 is 11.9 Å². The van der Waals surface area contributed by atoms with Crippen LogP contribution in [0.1, 0.15) is 271 Å². The largest absolute Gasteiger partial charge is 0.545 e. The minimum atomic E-state index is -1.64. The molecule has 2 atom stereocenters. The highest BCUT2D eigenvalue weighted by Crippen LogP contribution is 2.17. The Kier molecular flexibility index (Phi) is 63.4. The van der Waals surface area contributed by atoms with E-state index in [1.54, 1.807) is 0 Å². The number of carboxylic acid groups (broad SMARTS) is 1. The summed E-state index contributed by atoms with van der Waals surface area (Å²) in [7, 11) is 5.91. The molecule has 0 rings (SSSR count). The molecule has 0 aromatic heterocycles. The molecule has 0 amide bonds. The van der Waals surface area contributed by atoms with E-state index >= 15 is 0 Å². The van der Waals surface area contributed by atoms with Gasteiger partial charge in [0.2, 0.25) is 0 Å². The molecule has 87 heavy (non-hydrogen) atoms. The van der Waals surface area contributed by atoms with Crippen LogP contribution in [0.25, 0.3) is 0 Å². The number of rotatable bonds is 63. The number of carbonyl (C=O) groups excluding carboxylic acids is 3. The zero-order chi connectivity index (χ0) is 63.3. The number of hydrogen-bond donors (Lipinski definition) is 0. The molecule has 0 N–H and O–H groups in total. The molecule has 9 nitrogen and oxygen atoms in total. The van der Waals surface area contributed by atoms with Crippen molar-refractivity contribution in [2.24, 2.45) is 0 Å². The second kappa shape index (κ2) is 67.1. The van der Waals surface area contributed by atoms with E-state index in [-0.39, 0.29) is 38.6 Å². The van der Waals surface area contributed by atoms with Crippen LogP contribution in [-0.2, 0) is 33.3 Å². The van der Waals surface area contributed by atoms with Crippen LogP contribution < -0.4 is 5.11 Å². The summed E-state index contributed by atoms with van der Waals surface area (Å²) in [5.74, 6) is -2.32. The first kappa shape index (κ1) is 82.2. The Hall–Kier alpha value is -4.83. The summed E-state index contributed by atoms with van der Waals surface area (Å²) in [5, 5.41) is 11.8. The lowest BCUT2D eigenvalue weighted by atomic mass is 10.0. The molecule has 0 spiro atoms. The number of allylic oxidation sites excluding steroid dienone is 24. The zero-order valence-electron chi connectivity index (χ0n) is 56.3. The molecule has 0 saturated carbocycles. The van der Waals surface area contributed by atoms with Crippen molar-refractivity contribution in [1.82, 2.24) is 0 Å². The predicted molar refractivity (Wildman–Crippen MR) is 370 cm³/mol. The lowest BCUT2D eigenvalue weighted by Crippen LogP contribution is -2.44. The van der Waals surface area contributed by atoms with Crippen LogP contribution in [0.15, 0.2) is 146 Å². The van der Waals surface area contributed by atoms with E-state index in [4.69, 9.17) is 18.9 Å². The van der Waals surface area contributed by atoms with Crippen LogP contribution in [0.3, 0.4) is 0 Å². The van der Waals surface area contributed by atoms with E-state index < -0.39 is 24.3 Å². The lowest BCUT2D eigenvalue weighted by Gasteiger charge is -2.26. The van der Waals surface area contributed by atoms with Gasteiger partial charge in [0.25, 0.3) is 0 Å². The Balaban J connectivity index is 4.18. The van der Waals surface area contributed by atoms with Crippen molar-refractivity contribution in [3.05, 3.63) is 146 Å². The molecule has 0 aliphatic heterocycles. The Morgan fingerprint density at radius 1 is 0.345 bits per heavy atom. The second-order valence-corrected chi connectivity index (χ2v) is 24.1. The monoisotopic (exact) mass is 1210 g/mol. The molecule has 0 aliphatic rings. The SMILES string of the molecule is CC/C=C\C/C=C\C/C=C\C/C=C\C/C=C\C/C=C\C/C=C\C/C=C\CCCCCCC(=O)OC(COC(=O)CCCCCCCCCCCCCCCCCCCCCC/C=C\C/C=C\C/C=C\C/C=C\CC)COC(OCC[N+](C)(C)C)C(=O)[O-]. The average molecular weight is 1210 g/mol. The van der Waals surface area contributed by atoms with Gasteiger partial charge in [0.05, 0.1) is 40.3 Å². The van der Waals surface area contributed by atoms with E-state index in [9.17, 15) is 19.5 Å². The molecule has 0 saturated heterocycles. The van der Waals surface area contributed by atoms with Gasteiger partial charge < -0.3 is 33.3 Å². The van der Waals surface area contributed by atoms with Gasteiger partial charge in [0, 0.05) is 12.8 Å². The van der Waals surface area contributed by atoms with Gasteiger partial charge in [0.15, 0.2) is 12.4 Å². The van der Waals surface area contributed by atoms with Crippen LogP contribution in [0, 0.1) is 0 Å². The molecule has 2 unspecified atom stereocenters. The first-order valence-electron chi connectivity index (χ1n) is 35.0. The number of unbranched alkanes of at least 4 members (excludes halogenated alkanes) is 24. The number of carbonyl (C=O) groups is 3. The molecule has 0 bridgehead atoms. The summed E-state index contributed by atoms with van der Waals surface area (Å²) >= 11 is 0. The first-order chi connectivity index (χ1) is 42.6. The summed E-state index contributed by atoms with van der Waals surface area (Å²) < 4.78 is 22.8. The van der Waals surface area contributed by atoms with Crippen molar-refractivity contribution in [3.8, 4) is 0 Å². The zero-order valence-corrected chi connectivity index (χ0v) is 56.3. The summed E-state index contributed by atoms with van der Waals surface area (Å²) in [6.45, 7) is 4.49. The molecule has 494 valence electrons. The third-order valence-corrected chi connectivity index (χ3v) is 14.6. The molecule has 0 heterocycles. The molecular formula is C78H129NO8. The van der Waals surface area contributed by atoms with Gasteiger partial charge in [-0.25, -0.2) is 0 Å². The van der Waals surface area contributed by atoms with Crippen molar-refractivity contribution in [1.29, 1.82) is 0 Å². The van der Waals surface area contributed by atoms with Crippen LogP contribution >= 0.6 is 0 Å². The predicted octanol–water partition coefficient (Wildman–Crippen LogP) is 20.6. The highest BCUT2D eigenvalue weighted by molar-refractivity contribution is 5.70. The van der Waals surface area contributed by atoms with E-state index in [1.165, 1.54) is 116 Å². The molecule has 9 heteroatoms. The fraction of sp³-hybridized carbons (Fsp3) is 0.654. The number of carboxylic acids is 1. The van der Waals surface area contributed by atoms with Crippen molar-refractivity contribution in [3.63, 3.8) is 0 Å². The van der Waals surface area contributed by atoms with Gasteiger partial charge in [-0.05, 0) is 116 Å². The number of aliphatic carboxylic acids is 1. The minimum absolute atomic E-state index is 0.136. The van der Waals surface area contributed by atoms with E-state index in [2.05, 4.69) is 160 Å². The Morgan fingerprint density at radius 2 is 0.621 bits per heavy atom. The van der Waals surface area contributed by atoms with Gasteiger partial charge in [-0.1, -0.05) is 288 Å². The number of ether oxygens (including phenoxy) is 4. The number of quaternary nitrogens is 1. The molecule has 0 aromatic rings. The summed E-state index contributed by atoms with van der Waals surface area (Å²) in [5.41, 5.74) is 0. The van der Waals surface area contributed by atoms with Crippen molar-refractivity contribution >= 4 is 17.9 Å². The summed E-state index contributed by atoms with van der Waals surface area (Å²) in [6.07, 6.45) is 95.0. The van der Waals surface area contributed by atoms with E-state index in [0.717, 1.165) is 122 Å². The quantitative estimate of drug-likeness (QED) is 0.0195. The maximum absolute atomic E-state index is 12.9. The second-order valence-electron chi connectivity index (χ2n) is 24.1. The highest BCUT2D eigenvalue weighted by Gasteiger charge is 2.22. The topological polar surface area (TPSA) is 111 Å². The number of nitrogens with zero attached hydrogens (tertiary/aromatic N) is 1. The standard InChI is InChI=1S/C78H129NO8/c1-6-8-10-12-14-16-18-20-22-24-26-28-30-32-34-36-37-38-39-41-42-44-46-48-50-52-54-56-58-60-62-64-66-68-75(80)85-72-74(73-86-78(77(82)83)84-71-70-79(3,4)5)87-76(81)69-67-65-63-61-59-57-55-53-51-49-47-45-43-40-35-33-31-29-27-25-23-21-19-17-15-13-11-9-7-2/h8-11,14-17,20-23,26-29,33,35,43,45,49,51,55,57,74,78H,6-7,12-13,18-19,24-25,30-32,34,36-42,44,46-48,50,52-54,56,58-73H2,1-5H3/b10-8-,11-9-,16-14-,17-15-,22-20-,23-21-,28-26-,29-27-,35-33-,45-43-,51-49-,57-55-. The molecule has 0 aliphatic carbocycles. The van der Waals surface area contributed by atoms with Crippen molar-refractivity contribution in [2.45, 2.75) is 283 Å². The molecular weight excluding hydrogens is 1080 g/mol. The lowest BCUT2D eigenvalue weighted by molar-refractivity contribution is -0.870. The highest BCUT2D eigenvalue weighted by atomic mass is 16.7. The van der Waals surface area contributed by atoms with Crippen LogP contribution in [0.5, 0.6) is 0 Å². The fourth-order valence-electron chi connectivity index (χ4n) is 9.31. The maximum Gasteiger partial charge on any atom is 0.306 e. The van der Waals surface area contributed by atoms with Gasteiger partial charge in [-0.2, -0.15) is 0 Å².